The molecule has 0 bridgehead atoms. The Labute approximate surface area is 142 Å². The molecule has 0 saturated heterocycles. The molecule has 0 spiro atoms. The first kappa shape index (κ1) is 16.2. The number of rotatable bonds is 4. The summed E-state index contributed by atoms with van der Waals surface area (Å²) in [7, 11) is 1.47. The average Bonchev–Trinajstić information content (AvgIpc) is 2.97. The van der Waals surface area contributed by atoms with Gasteiger partial charge in [0.25, 0.3) is 5.69 Å². The van der Waals surface area contributed by atoms with Crippen molar-refractivity contribution in [3.05, 3.63) is 57.6 Å². The number of ether oxygens (including phenoxy) is 1. The molecule has 7 heteroatoms. The Morgan fingerprint density at radius 2 is 1.96 bits per heavy atom. The smallest absolute Gasteiger partial charge is 0.269 e. The van der Waals surface area contributed by atoms with Crippen LogP contribution in [-0.4, -0.2) is 22.8 Å². The van der Waals surface area contributed by atoms with Crippen molar-refractivity contribution in [2.24, 2.45) is 0 Å². The van der Waals surface area contributed by atoms with Crippen molar-refractivity contribution in [3.8, 4) is 23.1 Å². The summed E-state index contributed by atoms with van der Waals surface area (Å²) >= 11 is 0. The lowest BCUT2D eigenvalue weighted by Crippen LogP contribution is -1.97. The van der Waals surface area contributed by atoms with E-state index in [2.05, 4.69) is 11.1 Å². The number of nitro groups is 1. The van der Waals surface area contributed by atoms with Gasteiger partial charge in [-0.2, -0.15) is 5.26 Å². The first-order valence-corrected chi connectivity index (χ1v) is 7.35. The summed E-state index contributed by atoms with van der Waals surface area (Å²) in [5.74, 6) is 0.252. The van der Waals surface area contributed by atoms with Crippen LogP contribution in [0, 0.1) is 21.4 Å². The van der Waals surface area contributed by atoms with E-state index in [9.17, 15) is 20.2 Å². The maximum Gasteiger partial charge on any atom is 0.269 e. The number of H-pyrrole nitrogens is 1. The highest BCUT2D eigenvalue weighted by molar-refractivity contribution is 6.04. The molecule has 1 N–H and O–H groups in total. The number of nitro benzene ring substituents is 1. The van der Waals surface area contributed by atoms with Crippen LogP contribution in [0.5, 0.6) is 5.75 Å². The summed E-state index contributed by atoms with van der Waals surface area (Å²) in [6.07, 6.45) is 0. The van der Waals surface area contributed by atoms with Gasteiger partial charge in [0.15, 0.2) is 5.78 Å². The van der Waals surface area contributed by atoms with Crippen molar-refractivity contribution in [2.75, 3.05) is 7.11 Å². The quantitative estimate of drug-likeness (QED) is 0.443. The van der Waals surface area contributed by atoms with E-state index in [1.165, 1.54) is 26.2 Å². The largest absolute Gasteiger partial charge is 0.496 e. The van der Waals surface area contributed by atoms with E-state index in [1.807, 2.05) is 0 Å². The van der Waals surface area contributed by atoms with Crippen LogP contribution in [0.4, 0.5) is 5.69 Å². The maximum atomic E-state index is 11.8. The minimum absolute atomic E-state index is 0.0288. The number of aromatic nitrogens is 1. The van der Waals surface area contributed by atoms with Crippen LogP contribution in [0.15, 0.2) is 36.4 Å². The molecular formula is C18H13N3O4. The summed E-state index contributed by atoms with van der Waals surface area (Å²) < 4.78 is 5.25. The van der Waals surface area contributed by atoms with E-state index in [0.29, 0.717) is 39.0 Å². The Bertz CT molecular complexity index is 1040. The lowest BCUT2D eigenvalue weighted by atomic mass is 10.0. The van der Waals surface area contributed by atoms with Crippen LogP contribution in [-0.2, 0) is 0 Å². The van der Waals surface area contributed by atoms with Crippen molar-refractivity contribution < 1.29 is 14.5 Å². The number of benzene rings is 2. The third-order valence-electron chi connectivity index (χ3n) is 3.98. The van der Waals surface area contributed by atoms with Gasteiger partial charge in [-0.25, -0.2) is 0 Å². The first-order chi connectivity index (χ1) is 12.0. The van der Waals surface area contributed by atoms with Crippen molar-refractivity contribution in [1.82, 2.24) is 4.98 Å². The van der Waals surface area contributed by atoms with Gasteiger partial charge in [0.2, 0.25) is 0 Å². The van der Waals surface area contributed by atoms with E-state index in [0.717, 1.165) is 0 Å². The van der Waals surface area contributed by atoms with Gasteiger partial charge in [-0.05, 0) is 30.7 Å². The number of carbonyl (C=O) groups is 1. The Morgan fingerprint density at radius 3 is 2.48 bits per heavy atom. The number of carbonyl (C=O) groups excluding carboxylic acids is 1. The second-order valence-corrected chi connectivity index (χ2v) is 5.45. The van der Waals surface area contributed by atoms with Gasteiger partial charge < -0.3 is 9.72 Å². The highest BCUT2D eigenvalue weighted by Gasteiger charge is 2.18. The molecule has 3 rings (SSSR count). The number of fused-ring (bicyclic) bond motifs is 1. The third-order valence-corrected chi connectivity index (χ3v) is 3.98. The fourth-order valence-electron chi connectivity index (χ4n) is 2.75. The van der Waals surface area contributed by atoms with Gasteiger partial charge in [0.1, 0.15) is 11.8 Å². The van der Waals surface area contributed by atoms with Crippen molar-refractivity contribution in [2.45, 2.75) is 6.92 Å². The number of nitrogens with one attached hydrogen (secondary N) is 1. The zero-order valence-electron chi connectivity index (χ0n) is 13.5. The first-order valence-electron chi connectivity index (χ1n) is 7.35. The molecule has 1 aromatic heterocycles. The number of nitrogens with zero attached hydrogens (tertiary/aromatic N) is 2. The molecule has 0 aliphatic carbocycles. The van der Waals surface area contributed by atoms with E-state index in [1.54, 1.807) is 24.3 Å². The standard InChI is InChI=1S/C18H13N3O4/c1-10(22)13-7-14-15(9-19)18(20-16(14)8-17(13)25-2)11-3-5-12(6-4-11)21(23)24/h3-8,20H,1-2H3. The molecule has 0 unspecified atom stereocenters. The Hall–Kier alpha value is -3.66. The van der Waals surface area contributed by atoms with Crippen LogP contribution in [0.2, 0.25) is 0 Å². The molecule has 0 amide bonds. The second kappa shape index (κ2) is 6.09. The summed E-state index contributed by atoms with van der Waals surface area (Å²) in [5.41, 5.74) is 2.55. The molecule has 0 radical (unpaired) electrons. The van der Waals surface area contributed by atoms with Crippen LogP contribution < -0.4 is 4.74 Å². The lowest BCUT2D eigenvalue weighted by Gasteiger charge is -2.05. The summed E-state index contributed by atoms with van der Waals surface area (Å²) in [6.45, 7) is 1.43. The molecule has 3 aromatic rings. The highest BCUT2D eigenvalue weighted by Crippen LogP contribution is 2.34. The minimum atomic E-state index is -0.482. The monoisotopic (exact) mass is 335 g/mol. The molecule has 0 fully saturated rings. The van der Waals surface area contributed by atoms with Gasteiger partial charge in [-0.15, -0.1) is 0 Å². The Kier molecular flexibility index (Phi) is 3.95. The third kappa shape index (κ3) is 2.70. The van der Waals surface area contributed by atoms with E-state index in [4.69, 9.17) is 4.74 Å². The minimum Gasteiger partial charge on any atom is -0.496 e. The number of nitriles is 1. The SMILES string of the molecule is COc1cc2[nH]c(-c3ccc([N+](=O)[O-])cc3)c(C#N)c2cc1C(C)=O. The van der Waals surface area contributed by atoms with Gasteiger partial charge in [-0.1, -0.05) is 0 Å². The van der Waals surface area contributed by atoms with Crippen LogP contribution in [0.1, 0.15) is 22.8 Å². The van der Waals surface area contributed by atoms with Gasteiger partial charge in [-0.3, -0.25) is 14.9 Å². The summed E-state index contributed by atoms with van der Waals surface area (Å²) in [4.78, 5) is 25.2. The van der Waals surface area contributed by atoms with Gasteiger partial charge in [0, 0.05) is 23.6 Å². The fourth-order valence-corrected chi connectivity index (χ4v) is 2.75. The number of aromatic amines is 1. The molecule has 1 heterocycles. The predicted molar refractivity (Wildman–Crippen MR) is 91.7 cm³/mol. The number of hydrogen-bond acceptors (Lipinski definition) is 5. The van der Waals surface area contributed by atoms with Crippen molar-refractivity contribution in [3.63, 3.8) is 0 Å². The fraction of sp³-hybridized carbons (Fsp3) is 0.111. The molecule has 0 atom stereocenters. The van der Waals surface area contributed by atoms with Gasteiger partial charge in [0.05, 0.1) is 34.4 Å². The Balaban J connectivity index is 2.24. The lowest BCUT2D eigenvalue weighted by molar-refractivity contribution is -0.384. The van der Waals surface area contributed by atoms with Crippen molar-refractivity contribution >= 4 is 22.4 Å². The zero-order chi connectivity index (χ0) is 18.1. The van der Waals surface area contributed by atoms with E-state index < -0.39 is 4.92 Å². The molecule has 0 aliphatic rings. The predicted octanol–water partition coefficient (Wildman–Crippen LogP) is 3.83. The van der Waals surface area contributed by atoms with Crippen molar-refractivity contribution in [1.29, 1.82) is 5.26 Å². The number of ketones is 1. The highest BCUT2D eigenvalue weighted by atomic mass is 16.6. The molecular weight excluding hydrogens is 322 g/mol. The molecule has 0 aliphatic heterocycles. The van der Waals surface area contributed by atoms with Crippen LogP contribution in [0.3, 0.4) is 0 Å². The normalized spacial score (nSPS) is 10.4. The maximum absolute atomic E-state index is 11.8. The van der Waals surface area contributed by atoms with Crippen LogP contribution in [0.25, 0.3) is 22.2 Å². The second-order valence-electron chi connectivity index (χ2n) is 5.45. The molecule has 2 aromatic carbocycles. The number of hydrogen-bond donors (Lipinski definition) is 1. The summed E-state index contributed by atoms with van der Waals surface area (Å²) in [5, 5.41) is 21.0. The van der Waals surface area contributed by atoms with Gasteiger partial charge >= 0.3 is 0 Å². The topological polar surface area (TPSA) is 109 Å². The van der Waals surface area contributed by atoms with Crippen LogP contribution >= 0.6 is 0 Å². The average molecular weight is 335 g/mol. The number of methoxy groups -OCH3 is 1. The zero-order valence-corrected chi connectivity index (χ0v) is 13.5. The number of Topliss-reactive ketones (excluding diaryl/α,β-unsaturated/α-hetero) is 1. The molecule has 124 valence electrons. The van der Waals surface area contributed by atoms with E-state index in [-0.39, 0.29) is 11.5 Å². The molecule has 7 nitrogen and oxygen atoms in total. The molecule has 0 saturated carbocycles. The van der Waals surface area contributed by atoms with E-state index >= 15 is 0 Å². The summed E-state index contributed by atoms with van der Waals surface area (Å²) in [6, 6.07) is 11.3. The molecule has 25 heavy (non-hydrogen) atoms. The number of non-ortho nitro benzene ring substituents is 1. The Morgan fingerprint density at radius 1 is 1.28 bits per heavy atom.